The first kappa shape index (κ1) is 22.0. The first-order valence-electron chi connectivity index (χ1n) is 9.82. The molecule has 0 saturated heterocycles. The van der Waals surface area contributed by atoms with Crippen LogP contribution in [-0.2, 0) is 4.74 Å². The Bertz CT molecular complexity index is 747. The fourth-order valence-electron chi connectivity index (χ4n) is 3.74. The smallest absolute Gasteiger partial charge is 0.338 e. The van der Waals surface area contributed by atoms with Gasteiger partial charge in [-0.25, -0.2) is 4.79 Å². The van der Waals surface area contributed by atoms with Crippen LogP contribution in [0.15, 0.2) is 41.5 Å². The second-order valence-electron chi connectivity index (χ2n) is 7.95. The van der Waals surface area contributed by atoms with E-state index >= 15 is 0 Å². The van der Waals surface area contributed by atoms with Crippen molar-refractivity contribution in [2.24, 2.45) is 11.8 Å². The Balaban J connectivity index is 2.33. The molecule has 5 heteroatoms. The molecule has 0 fully saturated rings. The van der Waals surface area contributed by atoms with Crippen molar-refractivity contribution in [2.45, 2.75) is 59.2 Å². The SMILES string of the molecule is COc1cc(C(=O)O[C@H]2C/C(C)=C\CC/C(C)=C\[C@@H](O)[C@H]2C(C)C)ccc1O. The van der Waals surface area contributed by atoms with Gasteiger partial charge >= 0.3 is 5.97 Å². The number of benzene rings is 1. The molecule has 1 aromatic rings. The zero-order chi connectivity index (χ0) is 20.8. The largest absolute Gasteiger partial charge is 0.504 e. The van der Waals surface area contributed by atoms with E-state index in [1.807, 2.05) is 33.8 Å². The summed E-state index contributed by atoms with van der Waals surface area (Å²) in [7, 11) is 1.43. The zero-order valence-corrected chi connectivity index (χ0v) is 17.4. The van der Waals surface area contributed by atoms with Crippen molar-refractivity contribution in [3.05, 3.63) is 47.1 Å². The minimum absolute atomic E-state index is 0.0346. The predicted molar refractivity (Wildman–Crippen MR) is 110 cm³/mol. The summed E-state index contributed by atoms with van der Waals surface area (Å²) in [6.45, 7) is 8.13. The molecular weight excluding hydrogens is 356 g/mol. The summed E-state index contributed by atoms with van der Waals surface area (Å²) < 4.78 is 11.0. The monoisotopic (exact) mass is 388 g/mol. The van der Waals surface area contributed by atoms with Gasteiger partial charge in [0, 0.05) is 12.3 Å². The molecule has 5 nitrogen and oxygen atoms in total. The number of hydrogen-bond acceptors (Lipinski definition) is 5. The fourth-order valence-corrected chi connectivity index (χ4v) is 3.74. The van der Waals surface area contributed by atoms with Crippen LogP contribution in [0.3, 0.4) is 0 Å². The van der Waals surface area contributed by atoms with Crippen LogP contribution >= 0.6 is 0 Å². The first-order valence-corrected chi connectivity index (χ1v) is 9.82. The predicted octanol–water partition coefficient (Wildman–Crippen LogP) is 4.64. The number of phenolic OH excluding ortho intramolecular Hbond substituents is 1. The Labute approximate surface area is 167 Å². The minimum Gasteiger partial charge on any atom is -0.504 e. The molecule has 1 aliphatic rings. The highest BCUT2D eigenvalue weighted by Crippen LogP contribution is 2.31. The Morgan fingerprint density at radius 2 is 1.93 bits per heavy atom. The summed E-state index contributed by atoms with van der Waals surface area (Å²) in [6.07, 6.45) is 5.33. The maximum absolute atomic E-state index is 12.8. The summed E-state index contributed by atoms with van der Waals surface area (Å²) in [5.41, 5.74) is 2.59. The summed E-state index contributed by atoms with van der Waals surface area (Å²) >= 11 is 0. The lowest BCUT2D eigenvalue weighted by Gasteiger charge is -2.33. The van der Waals surface area contributed by atoms with Crippen molar-refractivity contribution < 1.29 is 24.5 Å². The van der Waals surface area contributed by atoms with E-state index in [4.69, 9.17) is 9.47 Å². The molecular formula is C23H32O5. The van der Waals surface area contributed by atoms with Crippen molar-refractivity contribution in [3.8, 4) is 11.5 Å². The van der Waals surface area contributed by atoms with E-state index in [2.05, 4.69) is 6.08 Å². The van der Waals surface area contributed by atoms with Crippen LogP contribution in [0.5, 0.6) is 11.5 Å². The van der Waals surface area contributed by atoms with Gasteiger partial charge in [-0.15, -0.1) is 0 Å². The molecule has 0 heterocycles. The van der Waals surface area contributed by atoms with Gasteiger partial charge in [-0.1, -0.05) is 37.1 Å². The van der Waals surface area contributed by atoms with Crippen molar-refractivity contribution in [2.75, 3.05) is 7.11 Å². The van der Waals surface area contributed by atoms with Gasteiger partial charge in [0.15, 0.2) is 11.5 Å². The van der Waals surface area contributed by atoms with E-state index in [0.717, 1.165) is 24.0 Å². The van der Waals surface area contributed by atoms with Crippen LogP contribution in [-0.4, -0.2) is 35.5 Å². The van der Waals surface area contributed by atoms with Crippen LogP contribution in [0.1, 0.15) is 57.3 Å². The van der Waals surface area contributed by atoms with Gasteiger partial charge in [0.2, 0.25) is 0 Å². The second-order valence-corrected chi connectivity index (χ2v) is 7.95. The number of aliphatic hydroxyl groups excluding tert-OH is 1. The van der Waals surface area contributed by atoms with Crippen molar-refractivity contribution in [1.82, 2.24) is 0 Å². The van der Waals surface area contributed by atoms with E-state index in [1.165, 1.54) is 25.3 Å². The summed E-state index contributed by atoms with van der Waals surface area (Å²) in [6, 6.07) is 4.38. The lowest BCUT2D eigenvalue weighted by atomic mass is 9.81. The minimum atomic E-state index is -0.682. The molecule has 1 aromatic carbocycles. The number of carbonyl (C=O) groups is 1. The lowest BCUT2D eigenvalue weighted by molar-refractivity contribution is -0.0217. The van der Waals surface area contributed by atoms with E-state index in [-0.39, 0.29) is 23.3 Å². The fraction of sp³-hybridized carbons (Fsp3) is 0.522. The average molecular weight is 389 g/mol. The third kappa shape index (κ3) is 5.61. The number of ether oxygens (including phenoxy) is 2. The molecule has 28 heavy (non-hydrogen) atoms. The quantitative estimate of drug-likeness (QED) is 0.581. The molecule has 0 amide bonds. The first-order chi connectivity index (χ1) is 13.2. The van der Waals surface area contributed by atoms with Gasteiger partial charge in [0.1, 0.15) is 6.10 Å². The molecule has 154 valence electrons. The second kappa shape index (κ2) is 9.78. The van der Waals surface area contributed by atoms with Crippen LogP contribution in [0.2, 0.25) is 0 Å². The highest BCUT2D eigenvalue weighted by molar-refractivity contribution is 5.90. The number of phenols is 1. The van der Waals surface area contributed by atoms with Crippen LogP contribution in [0.4, 0.5) is 0 Å². The van der Waals surface area contributed by atoms with Gasteiger partial charge < -0.3 is 19.7 Å². The number of aliphatic hydroxyl groups is 1. The maximum Gasteiger partial charge on any atom is 0.338 e. The van der Waals surface area contributed by atoms with Crippen LogP contribution < -0.4 is 4.74 Å². The molecule has 0 saturated carbocycles. The van der Waals surface area contributed by atoms with Gasteiger partial charge in [-0.3, -0.25) is 0 Å². The molecule has 2 N–H and O–H groups in total. The number of allylic oxidation sites excluding steroid dienone is 2. The van der Waals surface area contributed by atoms with E-state index in [9.17, 15) is 15.0 Å². The summed E-state index contributed by atoms with van der Waals surface area (Å²) in [4.78, 5) is 12.8. The van der Waals surface area contributed by atoms with Crippen LogP contribution in [0, 0.1) is 11.8 Å². The molecule has 3 atom stereocenters. The topological polar surface area (TPSA) is 76.0 Å². The molecule has 0 aliphatic heterocycles. The third-order valence-corrected chi connectivity index (χ3v) is 5.28. The van der Waals surface area contributed by atoms with Crippen molar-refractivity contribution in [3.63, 3.8) is 0 Å². The number of aromatic hydroxyl groups is 1. The van der Waals surface area contributed by atoms with Crippen molar-refractivity contribution in [1.29, 1.82) is 0 Å². The Morgan fingerprint density at radius 1 is 1.21 bits per heavy atom. The van der Waals surface area contributed by atoms with Gasteiger partial charge in [0.25, 0.3) is 0 Å². The number of esters is 1. The van der Waals surface area contributed by atoms with Crippen LogP contribution in [0.25, 0.3) is 0 Å². The van der Waals surface area contributed by atoms with E-state index in [0.29, 0.717) is 12.0 Å². The number of methoxy groups -OCH3 is 1. The Hall–Kier alpha value is -2.27. The third-order valence-electron chi connectivity index (χ3n) is 5.28. The van der Waals surface area contributed by atoms with Gasteiger partial charge in [-0.2, -0.15) is 0 Å². The number of carbonyl (C=O) groups excluding carboxylic acids is 1. The van der Waals surface area contributed by atoms with E-state index in [1.54, 1.807) is 0 Å². The molecule has 0 spiro atoms. The molecule has 2 rings (SSSR count). The molecule has 0 bridgehead atoms. The highest BCUT2D eigenvalue weighted by Gasteiger charge is 2.33. The zero-order valence-electron chi connectivity index (χ0n) is 17.4. The van der Waals surface area contributed by atoms with Crippen molar-refractivity contribution >= 4 is 5.97 Å². The molecule has 0 aromatic heterocycles. The summed E-state index contributed by atoms with van der Waals surface area (Å²) in [5.74, 6) is -0.410. The lowest BCUT2D eigenvalue weighted by Crippen LogP contribution is -2.38. The van der Waals surface area contributed by atoms with E-state index < -0.39 is 18.2 Å². The van der Waals surface area contributed by atoms with Gasteiger partial charge in [-0.05, 0) is 50.8 Å². The molecule has 1 aliphatic carbocycles. The number of rotatable bonds is 4. The normalized spacial score (nSPS) is 27.3. The maximum atomic E-state index is 12.8. The molecule has 0 unspecified atom stereocenters. The summed E-state index contributed by atoms with van der Waals surface area (Å²) in [5, 5.41) is 20.6. The Kier molecular flexibility index (Phi) is 7.69. The average Bonchev–Trinajstić information content (AvgIpc) is 2.61. The van der Waals surface area contributed by atoms with Gasteiger partial charge in [0.05, 0.1) is 18.8 Å². The Morgan fingerprint density at radius 3 is 2.57 bits per heavy atom. The standard InChI is InChI=1S/C23H32O5/c1-14(2)22-19(25)11-15(3)7-6-8-16(4)12-21(22)28-23(26)17-9-10-18(24)20(13-17)27-5/h8-11,13-14,19,21-22,24-25H,6-7,12H2,1-5H3/b15-11-,16-8-/t19-,21+,22-/m1/s1. The molecule has 0 radical (unpaired) electrons. The highest BCUT2D eigenvalue weighted by atomic mass is 16.5. The number of hydrogen-bond donors (Lipinski definition) is 2.